The lowest BCUT2D eigenvalue weighted by atomic mass is 9.73. The molecule has 0 bridgehead atoms. The summed E-state index contributed by atoms with van der Waals surface area (Å²) in [6, 6.07) is 18.2. The number of likely N-dealkylation sites (N-methyl/N-ethyl adjacent to an activating group) is 1. The first-order valence-corrected chi connectivity index (χ1v) is 12.2. The van der Waals surface area contributed by atoms with Crippen molar-refractivity contribution in [2.45, 2.75) is 24.7 Å². The molecule has 3 aromatic carbocycles. The van der Waals surface area contributed by atoms with Crippen molar-refractivity contribution in [3.63, 3.8) is 0 Å². The lowest BCUT2D eigenvalue weighted by molar-refractivity contribution is -0.121. The molecule has 35 heavy (non-hydrogen) atoms. The average Bonchev–Trinajstić information content (AvgIpc) is 3.70. The maximum Gasteiger partial charge on any atom is 0.245 e. The molecule has 1 spiro atoms. The number of amides is 1. The molecule has 180 valence electrons. The van der Waals surface area contributed by atoms with Crippen molar-refractivity contribution >= 4 is 11.6 Å². The molecule has 0 N–H and O–H groups in total. The van der Waals surface area contributed by atoms with E-state index in [9.17, 15) is 4.79 Å². The van der Waals surface area contributed by atoms with Crippen LogP contribution >= 0.6 is 0 Å². The summed E-state index contributed by atoms with van der Waals surface area (Å²) in [5.74, 6) is 2.47. The van der Waals surface area contributed by atoms with E-state index in [0.717, 1.165) is 70.4 Å². The van der Waals surface area contributed by atoms with E-state index in [2.05, 4.69) is 12.1 Å². The summed E-state index contributed by atoms with van der Waals surface area (Å²) in [4.78, 5) is 15.5. The lowest BCUT2D eigenvalue weighted by Crippen LogP contribution is -2.41. The zero-order valence-corrected chi connectivity index (χ0v) is 20.1. The minimum atomic E-state index is -0.840. The Labute approximate surface area is 205 Å². The summed E-state index contributed by atoms with van der Waals surface area (Å²) in [5, 5.41) is 0. The van der Waals surface area contributed by atoms with Gasteiger partial charge in [-0.15, -0.1) is 0 Å². The second-order valence-corrected chi connectivity index (χ2v) is 9.36. The Morgan fingerprint density at radius 3 is 2.46 bits per heavy atom. The van der Waals surface area contributed by atoms with Crippen molar-refractivity contribution in [1.29, 1.82) is 0 Å². The molecule has 0 aromatic heterocycles. The van der Waals surface area contributed by atoms with E-state index in [0.29, 0.717) is 13.2 Å². The van der Waals surface area contributed by atoms with Crippen molar-refractivity contribution in [2.75, 3.05) is 45.5 Å². The van der Waals surface area contributed by atoms with Crippen LogP contribution in [-0.2, 0) is 21.4 Å². The highest BCUT2D eigenvalue weighted by atomic mass is 16.5. The number of benzene rings is 3. The van der Waals surface area contributed by atoms with Crippen LogP contribution in [0.4, 0.5) is 5.69 Å². The first kappa shape index (κ1) is 22.0. The van der Waals surface area contributed by atoms with Gasteiger partial charge in [0.25, 0.3) is 0 Å². The number of fused-ring (bicyclic) bond motifs is 5. The lowest BCUT2D eigenvalue weighted by Gasteiger charge is -2.24. The predicted molar refractivity (Wildman–Crippen MR) is 134 cm³/mol. The summed E-state index contributed by atoms with van der Waals surface area (Å²) in [6.45, 7) is 2.97. The second-order valence-electron chi connectivity index (χ2n) is 9.36. The molecule has 7 rings (SSSR count). The molecular formula is C29H29NO5. The minimum absolute atomic E-state index is 0.0519. The predicted octanol–water partition coefficient (Wildman–Crippen LogP) is 4.75. The van der Waals surface area contributed by atoms with Gasteiger partial charge in [-0.1, -0.05) is 24.3 Å². The third-order valence-corrected chi connectivity index (χ3v) is 7.42. The van der Waals surface area contributed by atoms with Gasteiger partial charge in [-0.2, -0.15) is 0 Å². The van der Waals surface area contributed by atoms with Crippen molar-refractivity contribution in [1.82, 2.24) is 0 Å². The third-order valence-electron chi connectivity index (χ3n) is 7.42. The van der Waals surface area contributed by atoms with E-state index in [1.165, 1.54) is 12.8 Å². The molecule has 0 radical (unpaired) electrons. The van der Waals surface area contributed by atoms with Crippen molar-refractivity contribution in [2.24, 2.45) is 0 Å². The normalized spacial score (nSPS) is 21.1. The number of hydrogen-bond acceptors (Lipinski definition) is 5. The zero-order valence-electron chi connectivity index (χ0n) is 20.1. The SMILES string of the molecule is C1CCOC1.COc1ccc(-c2cccc3c2C2(COc4cc5c(cc42)CCO5)C(=O)N3C)cc1. The third kappa shape index (κ3) is 3.39. The Kier molecular flexibility index (Phi) is 5.41. The van der Waals surface area contributed by atoms with Crippen LogP contribution in [0.1, 0.15) is 29.5 Å². The van der Waals surface area contributed by atoms with Crippen LogP contribution in [0.25, 0.3) is 11.1 Å². The van der Waals surface area contributed by atoms with Crippen LogP contribution in [0.2, 0.25) is 0 Å². The highest BCUT2D eigenvalue weighted by Crippen LogP contribution is 2.56. The maximum absolute atomic E-state index is 13.7. The molecule has 1 unspecified atom stereocenters. The van der Waals surface area contributed by atoms with Crippen LogP contribution in [0.3, 0.4) is 0 Å². The zero-order chi connectivity index (χ0) is 24.0. The maximum atomic E-state index is 13.7. The first-order valence-electron chi connectivity index (χ1n) is 12.2. The van der Waals surface area contributed by atoms with Gasteiger partial charge in [0.15, 0.2) is 0 Å². The number of hydrogen-bond donors (Lipinski definition) is 0. The number of methoxy groups -OCH3 is 1. The smallest absolute Gasteiger partial charge is 0.245 e. The molecule has 4 aliphatic rings. The Morgan fingerprint density at radius 2 is 1.74 bits per heavy atom. The van der Waals surface area contributed by atoms with Crippen LogP contribution < -0.4 is 19.1 Å². The van der Waals surface area contributed by atoms with E-state index in [1.807, 2.05) is 49.5 Å². The topological polar surface area (TPSA) is 57.2 Å². The minimum Gasteiger partial charge on any atom is -0.497 e. The van der Waals surface area contributed by atoms with Crippen molar-refractivity contribution < 1.29 is 23.7 Å². The average molecular weight is 472 g/mol. The summed E-state index contributed by atoms with van der Waals surface area (Å²) >= 11 is 0. The highest BCUT2D eigenvalue weighted by molar-refractivity contribution is 6.13. The van der Waals surface area contributed by atoms with E-state index >= 15 is 0 Å². The number of rotatable bonds is 2. The number of nitrogens with zero attached hydrogens (tertiary/aromatic N) is 1. The van der Waals surface area contributed by atoms with Gasteiger partial charge >= 0.3 is 0 Å². The van der Waals surface area contributed by atoms with Gasteiger partial charge in [0.1, 0.15) is 29.3 Å². The molecule has 4 heterocycles. The van der Waals surface area contributed by atoms with Gasteiger partial charge in [0.05, 0.1) is 13.7 Å². The second kappa shape index (κ2) is 8.61. The standard InChI is InChI=1S/C25H21NO4.C4H8O/c1-26-20-5-3-4-18(15-6-8-17(28-2)9-7-15)23(20)25(24(26)27)14-30-22-13-21-16(10-11-29-21)12-19(22)25;1-2-4-5-3-1/h3-9,12-13H,10-11,14H2,1-2H3;1-4H2. The fourth-order valence-corrected chi connectivity index (χ4v) is 5.60. The van der Waals surface area contributed by atoms with Crippen LogP contribution in [0.5, 0.6) is 17.2 Å². The monoisotopic (exact) mass is 471 g/mol. The summed E-state index contributed by atoms with van der Waals surface area (Å²) in [6.07, 6.45) is 3.41. The van der Waals surface area contributed by atoms with Crippen LogP contribution in [0.15, 0.2) is 54.6 Å². The van der Waals surface area contributed by atoms with Crippen LogP contribution in [-0.4, -0.2) is 46.5 Å². The van der Waals surface area contributed by atoms with Gasteiger partial charge in [-0.05, 0) is 53.8 Å². The van der Waals surface area contributed by atoms with Crippen LogP contribution in [0, 0.1) is 0 Å². The molecule has 0 aliphatic carbocycles. The number of carbonyl (C=O) groups is 1. The number of carbonyl (C=O) groups excluding carboxylic acids is 1. The molecular weight excluding hydrogens is 442 g/mol. The van der Waals surface area contributed by atoms with Crippen molar-refractivity contribution in [3.8, 4) is 28.4 Å². The Balaban J connectivity index is 0.000000410. The van der Waals surface area contributed by atoms with Crippen molar-refractivity contribution in [3.05, 3.63) is 71.3 Å². The molecule has 0 saturated carbocycles. The fourth-order valence-electron chi connectivity index (χ4n) is 5.60. The Hall–Kier alpha value is -3.51. The Morgan fingerprint density at radius 1 is 0.943 bits per heavy atom. The first-order chi connectivity index (χ1) is 17.1. The van der Waals surface area contributed by atoms with Gasteiger partial charge in [-0.3, -0.25) is 4.79 Å². The van der Waals surface area contributed by atoms with E-state index < -0.39 is 5.41 Å². The fraction of sp³-hybridized carbons (Fsp3) is 0.345. The molecule has 4 aliphatic heterocycles. The summed E-state index contributed by atoms with van der Waals surface area (Å²) in [7, 11) is 3.51. The van der Waals surface area contributed by atoms with Gasteiger partial charge in [0.2, 0.25) is 5.91 Å². The molecule has 1 amide bonds. The quantitative estimate of drug-likeness (QED) is 0.540. The molecule has 3 aromatic rings. The largest absolute Gasteiger partial charge is 0.497 e. The number of ether oxygens (including phenoxy) is 4. The summed E-state index contributed by atoms with van der Waals surface area (Å²) in [5.41, 5.74) is 5.29. The molecule has 1 saturated heterocycles. The molecule has 6 heteroatoms. The van der Waals surface area contributed by atoms with E-state index in [1.54, 1.807) is 12.0 Å². The van der Waals surface area contributed by atoms with Gasteiger partial charge in [0, 0.05) is 49.6 Å². The van der Waals surface area contributed by atoms with Gasteiger partial charge < -0.3 is 23.8 Å². The Bertz CT molecular complexity index is 1270. The molecule has 1 fully saturated rings. The highest BCUT2D eigenvalue weighted by Gasteiger charge is 2.57. The summed E-state index contributed by atoms with van der Waals surface area (Å²) < 4.78 is 22.1. The molecule has 1 atom stereocenters. The van der Waals surface area contributed by atoms with Gasteiger partial charge in [-0.25, -0.2) is 0 Å². The van der Waals surface area contributed by atoms with E-state index in [4.69, 9.17) is 18.9 Å². The molecule has 6 nitrogen and oxygen atoms in total. The number of anilines is 1. The van der Waals surface area contributed by atoms with E-state index in [-0.39, 0.29) is 5.91 Å².